The van der Waals surface area contributed by atoms with Gasteiger partial charge in [0.1, 0.15) is 0 Å². The molecule has 0 saturated heterocycles. The molecule has 0 spiro atoms. The van der Waals surface area contributed by atoms with E-state index < -0.39 is 30.7 Å². The van der Waals surface area contributed by atoms with Gasteiger partial charge in [-0.2, -0.15) is 0 Å². The van der Waals surface area contributed by atoms with Gasteiger partial charge in [0, 0.05) is 17.3 Å². The van der Waals surface area contributed by atoms with Crippen molar-refractivity contribution in [2.24, 2.45) is 0 Å². The van der Waals surface area contributed by atoms with E-state index in [1.807, 2.05) is 6.07 Å². The molecule has 0 aliphatic heterocycles. The maximum atomic E-state index is 13.2. The average Bonchev–Trinajstić information content (AvgIpc) is 2.68. The quantitative estimate of drug-likeness (QED) is 0.646. The Balaban J connectivity index is 2.29. The minimum absolute atomic E-state index is 0.0115. The van der Waals surface area contributed by atoms with Crippen LogP contribution in [0, 0.1) is 0 Å². The molecule has 2 unspecified atom stereocenters. The summed E-state index contributed by atoms with van der Waals surface area (Å²) in [5, 5.41) is 12.4. The number of anilines is 1. The zero-order valence-corrected chi connectivity index (χ0v) is 15.7. The first-order valence-corrected chi connectivity index (χ1v) is 9.04. The summed E-state index contributed by atoms with van der Waals surface area (Å²) in [7, 11) is 0. The summed E-state index contributed by atoms with van der Waals surface area (Å²) in [4.78, 5) is 19.6. The molecule has 0 aromatic heterocycles. The number of amides is 2. The van der Waals surface area contributed by atoms with Crippen LogP contribution in [0.2, 0.25) is 1.41 Å². The van der Waals surface area contributed by atoms with Gasteiger partial charge in [-0.3, -0.25) is 9.74 Å². The molecule has 1 aromatic rings. The highest BCUT2D eigenvalue weighted by molar-refractivity contribution is 5.91. The predicted octanol–water partition coefficient (Wildman–Crippen LogP) is 3.22. The van der Waals surface area contributed by atoms with Crippen LogP contribution in [0.5, 0.6) is 0 Å². The van der Waals surface area contributed by atoms with Crippen LogP contribution in [0.3, 0.4) is 0 Å². The largest absolute Gasteiger partial charge is 0.395 e. The second-order valence-electron chi connectivity index (χ2n) is 7.48. The van der Waals surface area contributed by atoms with Crippen molar-refractivity contribution in [1.82, 2.24) is 10.8 Å². The summed E-state index contributed by atoms with van der Waals surface area (Å²) < 4.78 is 40.4. The van der Waals surface area contributed by atoms with Crippen molar-refractivity contribution in [1.29, 1.82) is 0 Å². The zero-order valence-electron chi connectivity index (χ0n) is 20.7. The number of benzene rings is 1. The highest BCUT2D eigenvalue weighted by Crippen LogP contribution is 2.27. The van der Waals surface area contributed by atoms with E-state index in [1.165, 1.54) is 4.90 Å². The molecule has 146 valence electrons. The number of aliphatic hydroxyl groups is 1. The van der Waals surface area contributed by atoms with Crippen molar-refractivity contribution in [3.63, 3.8) is 0 Å². The van der Waals surface area contributed by atoms with Crippen molar-refractivity contribution in [2.75, 3.05) is 18.0 Å². The monoisotopic (exact) mass is 368 g/mol. The number of rotatable bonds is 7. The number of nitrogens with zero attached hydrogens (tertiary/aromatic N) is 1. The van der Waals surface area contributed by atoms with Crippen LogP contribution in [-0.4, -0.2) is 41.9 Å². The van der Waals surface area contributed by atoms with Crippen LogP contribution >= 0.6 is 0 Å². The fraction of sp³-hybridized carbons (Fsp3) is 0.650. The number of carbonyl (C=O) groups is 1. The number of hydrogen-bond acceptors (Lipinski definition) is 4. The second kappa shape index (κ2) is 9.90. The summed E-state index contributed by atoms with van der Waals surface area (Å²) in [5.41, 5.74) is -0.279. The molecule has 1 saturated carbocycles. The van der Waals surface area contributed by atoms with E-state index in [2.05, 4.69) is 5.32 Å². The Morgan fingerprint density at radius 2 is 2.04 bits per heavy atom. The summed E-state index contributed by atoms with van der Waals surface area (Å²) >= 11 is 0. The molecule has 3 N–H and O–H groups in total. The van der Waals surface area contributed by atoms with Crippen LogP contribution in [0.25, 0.3) is 0 Å². The van der Waals surface area contributed by atoms with Crippen LogP contribution in [-0.2, 0) is 4.84 Å². The Bertz CT molecular complexity index is 727. The molecule has 2 amide bonds. The summed E-state index contributed by atoms with van der Waals surface area (Å²) in [6, 6.07) is 5.09. The van der Waals surface area contributed by atoms with Crippen LogP contribution in [0.1, 0.15) is 58.4 Å². The lowest BCUT2D eigenvalue weighted by Gasteiger charge is -2.34. The van der Waals surface area contributed by atoms with Gasteiger partial charge in [0.05, 0.1) is 24.6 Å². The number of aliphatic hydroxyl groups excluding tert-OH is 1. The molecule has 6 heteroatoms. The fourth-order valence-corrected chi connectivity index (χ4v) is 3.05. The summed E-state index contributed by atoms with van der Waals surface area (Å²) in [6.07, 6.45) is 4.45. The zero-order chi connectivity index (χ0) is 23.4. The average molecular weight is 369 g/mol. The van der Waals surface area contributed by atoms with Gasteiger partial charge in [0.15, 0.2) is 0 Å². The minimum atomic E-state index is -3.08. The third-order valence-electron chi connectivity index (χ3n) is 4.10. The maximum Gasteiger partial charge on any atom is 0.346 e. The predicted molar refractivity (Wildman–Crippen MR) is 104 cm³/mol. The van der Waals surface area contributed by atoms with Crippen LogP contribution < -0.4 is 15.7 Å². The maximum absolute atomic E-state index is 13.2. The lowest BCUT2D eigenvalue weighted by molar-refractivity contribution is 0.0298. The van der Waals surface area contributed by atoms with E-state index in [4.69, 9.17) is 11.7 Å². The molecule has 0 radical (unpaired) electrons. The molecule has 1 fully saturated rings. The van der Waals surface area contributed by atoms with Crippen molar-refractivity contribution >= 4 is 11.7 Å². The number of hydroxylamine groups is 1. The van der Waals surface area contributed by atoms with Gasteiger partial charge in [-0.05, 0) is 45.7 Å². The van der Waals surface area contributed by atoms with Crippen molar-refractivity contribution in [2.45, 2.75) is 70.5 Å². The number of carbonyl (C=O) groups excluding carboxylic acids is 1. The third-order valence-corrected chi connectivity index (χ3v) is 4.10. The van der Waals surface area contributed by atoms with E-state index in [-0.39, 0.29) is 11.5 Å². The highest BCUT2D eigenvalue weighted by Gasteiger charge is 2.27. The standard InChI is InChI=1S/C20H33N3O3/c1-20(2,3)21-16(14-24)15-26-22-19(25)23(17-10-6-4-7-11-17)18-12-8-5-9-13-18/h4,6-7,10-11,16,18,21,24H,5,8-9,12-15H2,1-3H3,(H,22,25)/i14D,15D2,16D/hD. The van der Waals surface area contributed by atoms with Gasteiger partial charge in [0.25, 0.3) is 0 Å². The van der Waals surface area contributed by atoms with Crippen LogP contribution in [0.15, 0.2) is 30.3 Å². The molecular formula is C20H33N3O3. The summed E-state index contributed by atoms with van der Waals surface area (Å²) in [5.74, 6) is 0. The van der Waals surface area contributed by atoms with E-state index in [0.29, 0.717) is 5.69 Å². The van der Waals surface area contributed by atoms with Gasteiger partial charge in [-0.25, -0.2) is 10.3 Å². The summed E-state index contributed by atoms with van der Waals surface area (Å²) in [6.45, 7) is -0.405. The first-order chi connectivity index (χ1) is 14.3. The third kappa shape index (κ3) is 6.59. The molecule has 26 heavy (non-hydrogen) atoms. The Morgan fingerprint density at radius 1 is 1.38 bits per heavy atom. The first-order valence-electron chi connectivity index (χ1n) is 11.6. The normalized spacial score (nSPS) is 22.7. The number of hydrogen-bond donors (Lipinski definition) is 3. The Labute approximate surface area is 164 Å². The van der Waals surface area contributed by atoms with Gasteiger partial charge in [-0.15, -0.1) is 0 Å². The molecule has 2 atom stereocenters. The highest BCUT2D eigenvalue weighted by atomic mass is 16.7. The van der Waals surface area contributed by atoms with E-state index >= 15 is 0 Å². The topological polar surface area (TPSA) is 73.8 Å². The number of urea groups is 1. The number of para-hydroxylation sites is 1. The molecule has 1 aliphatic rings. The minimum Gasteiger partial charge on any atom is -0.395 e. The van der Waals surface area contributed by atoms with Gasteiger partial charge < -0.3 is 10.4 Å². The van der Waals surface area contributed by atoms with Gasteiger partial charge in [-0.1, -0.05) is 37.5 Å². The van der Waals surface area contributed by atoms with E-state index in [1.54, 1.807) is 45.0 Å². The molecule has 0 bridgehead atoms. The molecule has 2 rings (SSSR count). The molecule has 6 nitrogen and oxygen atoms in total. The lowest BCUT2D eigenvalue weighted by Crippen LogP contribution is -2.51. The fourth-order valence-electron chi connectivity index (χ4n) is 3.05. The van der Waals surface area contributed by atoms with E-state index in [9.17, 15) is 9.90 Å². The van der Waals surface area contributed by atoms with Gasteiger partial charge in [0.2, 0.25) is 1.41 Å². The van der Waals surface area contributed by atoms with Crippen molar-refractivity contribution in [3.05, 3.63) is 30.3 Å². The van der Waals surface area contributed by atoms with E-state index in [0.717, 1.165) is 32.1 Å². The van der Waals surface area contributed by atoms with Gasteiger partial charge >= 0.3 is 6.03 Å². The molecule has 1 aromatic carbocycles. The second-order valence-corrected chi connectivity index (χ2v) is 7.48. The molecule has 0 heterocycles. The molecule has 1 aliphatic carbocycles. The Kier molecular flexibility index (Phi) is 5.49. The Morgan fingerprint density at radius 3 is 2.62 bits per heavy atom. The Hall–Kier alpha value is -1.63. The lowest BCUT2D eigenvalue weighted by atomic mass is 9.94. The first kappa shape index (κ1) is 14.4. The molecular weight excluding hydrogens is 330 g/mol. The SMILES string of the molecule is [2H]C(O)C([2H])(NC(C)(C)C)C([2H])([2H])ON([2H])C(=O)N(c1ccccc1)C1CCCCC1. The van der Waals surface area contributed by atoms with Crippen molar-refractivity contribution < 1.29 is 21.6 Å². The van der Waals surface area contributed by atoms with Crippen LogP contribution in [0.4, 0.5) is 10.5 Å². The smallest absolute Gasteiger partial charge is 0.346 e. The van der Waals surface area contributed by atoms with Crippen molar-refractivity contribution in [3.8, 4) is 0 Å². The number of nitrogens with one attached hydrogen (secondary N) is 2.